The highest BCUT2D eigenvalue weighted by Crippen LogP contribution is 2.28. The van der Waals surface area contributed by atoms with Crippen molar-refractivity contribution < 1.29 is 14.3 Å². The second-order valence-electron chi connectivity index (χ2n) is 6.59. The Morgan fingerprint density at radius 2 is 1.90 bits per heavy atom. The van der Waals surface area contributed by atoms with Gasteiger partial charge in [-0.05, 0) is 31.4 Å². The van der Waals surface area contributed by atoms with Gasteiger partial charge in [0, 0.05) is 26.7 Å². The van der Waals surface area contributed by atoms with Gasteiger partial charge in [0.15, 0.2) is 5.16 Å². The smallest absolute Gasteiger partial charge is 0.321 e. The Balaban J connectivity index is 1.68. The van der Waals surface area contributed by atoms with Crippen molar-refractivity contribution in [1.29, 1.82) is 0 Å². The summed E-state index contributed by atoms with van der Waals surface area (Å²) >= 11 is 1.25. The Hall–Kier alpha value is -2.59. The SMILES string of the molecule is COCCNC(=O)NC(=O)CSc1nnc(N2CCCCC2)n1-c1ccccc1. The first-order chi connectivity index (χ1) is 14.2. The molecule has 0 unspecified atom stereocenters. The molecular formula is C19H26N6O3S. The fourth-order valence-electron chi connectivity index (χ4n) is 3.06. The fourth-order valence-corrected chi connectivity index (χ4v) is 3.81. The number of carbonyl (C=O) groups is 2. The number of amides is 3. The van der Waals surface area contributed by atoms with Gasteiger partial charge in [-0.3, -0.25) is 14.7 Å². The number of benzene rings is 1. The van der Waals surface area contributed by atoms with E-state index in [0.717, 1.165) is 37.6 Å². The summed E-state index contributed by atoms with van der Waals surface area (Å²) in [7, 11) is 1.54. The number of hydrogen-bond acceptors (Lipinski definition) is 7. The number of para-hydroxylation sites is 1. The summed E-state index contributed by atoms with van der Waals surface area (Å²) in [5.41, 5.74) is 0.943. The average molecular weight is 419 g/mol. The Kier molecular flexibility index (Phi) is 7.88. The van der Waals surface area contributed by atoms with E-state index in [2.05, 4.69) is 25.7 Å². The molecule has 2 aromatic rings. The molecule has 9 nitrogen and oxygen atoms in total. The van der Waals surface area contributed by atoms with Crippen LogP contribution < -0.4 is 15.5 Å². The quantitative estimate of drug-likeness (QED) is 0.498. The molecule has 29 heavy (non-hydrogen) atoms. The summed E-state index contributed by atoms with van der Waals surface area (Å²) in [6.07, 6.45) is 3.49. The van der Waals surface area contributed by atoms with Crippen molar-refractivity contribution in [2.75, 3.05) is 44.0 Å². The molecule has 3 rings (SSSR count). The van der Waals surface area contributed by atoms with Gasteiger partial charge in [0.1, 0.15) is 0 Å². The van der Waals surface area contributed by atoms with Gasteiger partial charge >= 0.3 is 6.03 Å². The molecule has 1 aliphatic heterocycles. The van der Waals surface area contributed by atoms with E-state index in [1.54, 1.807) is 7.11 Å². The van der Waals surface area contributed by atoms with E-state index in [1.165, 1.54) is 18.2 Å². The van der Waals surface area contributed by atoms with Crippen LogP contribution in [0.2, 0.25) is 0 Å². The standard InChI is InChI=1S/C19H26N6O3S/c1-28-13-10-20-17(27)21-16(26)14-29-19-23-22-18(24-11-6-3-7-12-24)25(19)15-8-4-2-5-9-15/h2,4-5,8-9H,3,6-7,10-14H2,1H3,(H2,20,21,26,27). The van der Waals surface area contributed by atoms with Crippen molar-refractivity contribution in [3.05, 3.63) is 30.3 Å². The van der Waals surface area contributed by atoms with Crippen LogP contribution in [0, 0.1) is 0 Å². The molecule has 1 aromatic carbocycles. The van der Waals surface area contributed by atoms with Crippen molar-refractivity contribution in [3.63, 3.8) is 0 Å². The molecule has 0 bridgehead atoms. The first-order valence-electron chi connectivity index (χ1n) is 9.64. The molecule has 0 aliphatic carbocycles. The number of methoxy groups -OCH3 is 1. The van der Waals surface area contributed by atoms with Crippen LogP contribution in [-0.4, -0.2) is 65.8 Å². The van der Waals surface area contributed by atoms with E-state index >= 15 is 0 Å². The predicted octanol–water partition coefficient (Wildman–Crippen LogP) is 1.82. The maximum Gasteiger partial charge on any atom is 0.321 e. The summed E-state index contributed by atoms with van der Waals surface area (Å²) < 4.78 is 6.83. The molecule has 1 aliphatic rings. The van der Waals surface area contributed by atoms with E-state index in [0.29, 0.717) is 18.3 Å². The molecular weight excluding hydrogens is 392 g/mol. The number of anilines is 1. The number of carbonyl (C=O) groups excluding carboxylic acids is 2. The van der Waals surface area contributed by atoms with Gasteiger partial charge in [0.25, 0.3) is 0 Å². The van der Waals surface area contributed by atoms with Gasteiger partial charge in [0.05, 0.1) is 18.0 Å². The predicted molar refractivity (Wildman–Crippen MR) is 112 cm³/mol. The maximum atomic E-state index is 12.1. The number of hydrogen-bond donors (Lipinski definition) is 2. The molecule has 2 heterocycles. The Morgan fingerprint density at radius 3 is 2.62 bits per heavy atom. The number of imide groups is 1. The molecule has 10 heteroatoms. The molecule has 1 saturated heterocycles. The van der Waals surface area contributed by atoms with Gasteiger partial charge in [-0.15, -0.1) is 10.2 Å². The van der Waals surface area contributed by atoms with Gasteiger partial charge < -0.3 is 15.0 Å². The molecule has 156 valence electrons. The second-order valence-corrected chi connectivity index (χ2v) is 7.53. The van der Waals surface area contributed by atoms with E-state index in [-0.39, 0.29) is 5.75 Å². The van der Waals surface area contributed by atoms with Crippen molar-refractivity contribution in [3.8, 4) is 5.69 Å². The van der Waals surface area contributed by atoms with Crippen LogP contribution >= 0.6 is 11.8 Å². The molecule has 0 spiro atoms. The number of ether oxygens (including phenoxy) is 1. The number of urea groups is 1. The third-order valence-corrected chi connectivity index (χ3v) is 5.38. The van der Waals surface area contributed by atoms with E-state index in [9.17, 15) is 9.59 Å². The molecule has 3 amide bonds. The van der Waals surface area contributed by atoms with Crippen LogP contribution in [0.15, 0.2) is 35.5 Å². The van der Waals surface area contributed by atoms with Crippen molar-refractivity contribution >= 4 is 29.6 Å². The first kappa shape index (κ1) is 21.1. The van der Waals surface area contributed by atoms with Gasteiger partial charge in [-0.2, -0.15) is 0 Å². The van der Waals surface area contributed by atoms with Crippen molar-refractivity contribution in [2.24, 2.45) is 0 Å². The zero-order valence-electron chi connectivity index (χ0n) is 16.5. The molecule has 1 fully saturated rings. The normalized spacial score (nSPS) is 13.9. The van der Waals surface area contributed by atoms with E-state index < -0.39 is 11.9 Å². The zero-order valence-corrected chi connectivity index (χ0v) is 17.3. The monoisotopic (exact) mass is 418 g/mol. The molecule has 0 saturated carbocycles. The van der Waals surface area contributed by atoms with Crippen molar-refractivity contribution in [2.45, 2.75) is 24.4 Å². The summed E-state index contributed by atoms with van der Waals surface area (Å²) in [5, 5.41) is 14.2. The lowest BCUT2D eigenvalue weighted by molar-refractivity contribution is -0.117. The minimum absolute atomic E-state index is 0.0582. The lowest BCUT2D eigenvalue weighted by atomic mass is 10.1. The van der Waals surface area contributed by atoms with Crippen molar-refractivity contribution in [1.82, 2.24) is 25.4 Å². The van der Waals surface area contributed by atoms with Crippen LogP contribution in [0.25, 0.3) is 5.69 Å². The molecule has 1 aromatic heterocycles. The third kappa shape index (κ3) is 5.94. The molecule has 2 N–H and O–H groups in total. The van der Waals surface area contributed by atoms with E-state index in [4.69, 9.17) is 4.74 Å². The number of rotatable bonds is 8. The summed E-state index contributed by atoms with van der Waals surface area (Å²) in [6, 6.07) is 9.32. The number of piperidine rings is 1. The first-order valence-corrected chi connectivity index (χ1v) is 10.6. The van der Waals surface area contributed by atoms with Gasteiger partial charge in [0.2, 0.25) is 11.9 Å². The summed E-state index contributed by atoms with van der Waals surface area (Å²) in [4.78, 5) is 26.0. The highest BCUT2D eigenvalue weighted by atomic mass is 32.2. The van der Waals surface area contributed by atoms with Gasteiger partial charge in [-0.25, -0.2) is 4.79 Å². The summed E-state index contributed by atoms with van der Waals surface area (Å²) in [6.45, 7) is 2.61. The van der Waals surface area contributed by atoms with Crippen LogP contribution in [0.5, 0.6) is 0 Å². The Labute approximate surface area is 174 Å². The highest BCUT2D eigenvalue weighted by molar-refractivity contribution is 7.99. The highest BCUT2D eigenvalue weighted by Gasteiger charge is 2.22. The van der Waals surface area contributed by atoms with Gasteiger partial charge in [-0.1, -0.05) is 30.0 Å². The van der Waals surface area contributed by atoms with Crippen LogP contribution in [-0.2, 0) is 9.53 Å². The lowest BCUT2D eigenvalue weighted by Crippen LogP contribution is -2.41. The molecule has 0 radical (unpaired) electrons. The lowest BCUT2D eigenvalue weighted by Gasteiger charge is -2.27. The number of nitrogens with zero attached hydrogens (tertiary/aromatic N) is 4. The van der Waals surface area contributed by atoms with Crippen LogP contribution in [0.4, 0.5) is 10.7 Å². The Bertz CT molecular complexity index is 808. The van der Waals surface area contributed by atoms with Crippen LogP contribution in [0.3, 0.4) is 0 Å². The molecule has 0 atom stereocenters. The average Bonchev–Trinajstić information content (AvgIpc) is 3.18. The fraction of sp³-hybridized carbons (Fsp3) is 0.474. The minimum Gasteiger partial charge on any atom is -0.383 e. The number of aromatic nitrogens is 3. The third-order valence-electron chi connectivity index (χ3n) is 4.45. The Morgan fingerprint density at radius 1 is 1.14 bits per heavy atom. The minimum atomic E-state index is -0.536. The second kappa shape index (κ2) is 10.8. The van der Waals surface area contributed by atoms with Crippen LogP contribution in [0.1, 0.15) is 19.3 Å². The number of nitrogens with one attached hydrogen (secondary N) is 2. The zero-order chi connectivity index (χ0) is 20.5. The summed E-state index contributed by atoms with van der Waals surface area (Å²) in [5.74, 6) is 0.450. The topological polar surface area (TPSA) is 101 Å². The maximum absolute atomic E-state index is 12.1. The largest absolute Gasteiger partial charge is 0.383 e. The number of thioether (sulfide) groups is 1. The van der Waals surface area contributed by atoms with E-state index in [1.807, 2.05) is 34.9 Å².